The second-order valence-electron chi connectivity index (χ2n) is 4.28. The lowest BCUT2D eigenvalue weighted by Gasteiger charge is -2.05. The van der Waals surface area contributed by atoms with Gasteiger partial charge in [0.25, 0.3) is 0 Å². The van der Waals surface area contributed by atoms with E-state index < -0.39 is 0 Å². The summed E-state index contributed by atoms with van der Waals surface area (Å²) in [6, 6.07) is 5.91. The monoisotopic (exact) mass is 249 g/mol. The Hall–Kier alpha value is -1.55. The molecule has 0 fully saturated rings. The number of aryl methyl sites for hydroxylation is 2. The van der Waals surface area contributed by atoms with Crippen molar-refractivity contribution in [2.75, 3.05) is 0 Å². The first-order chi connectivity index (χ1) is 8.16. The summed E-state index contributed by atoms with van der Waals surface area (Å²) in [5, 5.41) is 5.02. The van der Waals surface area contributed by atoms with E-state index in [4.69, 9.17) is 11.6 Å². The number of halogens is 1. The van der Waals surface area contributed by atoms with Crippen LogP contribution in [0.3, 0.4) is 0 Å². The summed E-state index contributed by atoms with van der Waals surface area (Å²) in [6.45, 7) is 0.676. The zero-order chi connectivity index (χ0) is 12.0. The minimum absolute atomic E-state index is 0.0519. The van der Waals surface area contributed by atoms with Crippen molar-refractivity contribution in [2.24, 2.45) is 7.05 Å². The fraction of sp³-hybridized carbons (Fsp3) is 0.333. The quantitative estimate of drug-likeness (QED) is 0.708. The van der Waals surface area contributed by atoms with Gasteiger partial charge in [0.2, 0.25) is 0 Å². The Balaban J connectivity index is 2.18. The van der Waals surface area contributed by atoms with Gasteiger partial charge >= 0.3 is 5.69 Å². The minimum Gasteiger partial charge on any atom is -0.278 e. The zero-order valence-electron chi connectivity index (χ0n) is 9.48. The molecule has 0 atom stereocenters. The molecule has 0 bridgehead atoms. The third-order valence-corrected chi connectivity index (χ3v) is 3.59. The van der Waals surface area contributed by atoms with Crippen LogP contribution in [-0.4, -0.2) is 14.3 Å². The van der Waals surface area contributed by atoms with Crippen LogP contribution in [0.5, 0.6) is 0 Å². The highest BCUT2D eigenvalue weighted by Gasteiger charge is 2.19. The molecule has 4 nitrogen and oxygen atoms in total. The number of hydrogen-bond acceptors (Lipinski definition) is 2. The Morgan fingerprint density at radius 2 is 2.24 bits per heavy atom. The predicted octanol–water partition coefficient (Wildman–Crippen LogP) is 1.38. The van der Waals surface area contributed by atoms with Crippen molar-refractivity contribution in [3.05, 3.63) is 50.7 Å². The zero-order valence-corrected chi connectivity index (χ0v) is 10.2. The van der Waals surface area contributed by atoms with Gasteiger partial charge in [-0.3, -0.25) is 4.57 Å². The Kier molecular flexibility index (Phi) is 2.33. The minimum atomic E-state index is -0.0519. The molecule has 2 heterocycles. The van der Waals surface area contributed by atoms with Crippen molar-refractivity contribution in [3.8, 4) is 0 Å². The van der Waals surface area contributed by atoms with E-state index in [1.807, 2.05) is 12.1 Å². The maximum Gasteiger partial charge on any atom is 0.345 e. The van der Waals surface area contributed by atoms with Gasteiger partial charge in [0.1, 0.15) is 5.82 Å². The lowest BCUT2D eigenvalue weighted by molar-refractivity contribution is 0.641. The van der Waals surface area contributed by atoms with Crippen LogP contribution in [0.2, 0.25) is 5.02 Å². The fourth-order valence-electron chi connectivity index (χ4n) is 2.34. The number of rotatable bonds is 0. The second-order valence-corrected chi connectivity index (χ2v) is 4.69. The van der Waals surface area contributed by atoms with Crippen LogP contribution in [0.25, 0.3) is 0 Å². The molecule has 17 heavy (non-hydrogen) atoms. The average molecular weight is 250 g/mol. The van der Waals surface area contributed by atoms with Gasteiger partial charge in [-0.25, -0.2) is 9.48 Å². The molecule has 0 saturated carbocycles. The molecule has 0 unspecified atom stereocenters. The summed E-state index contributed by atoms with van der Waals surface area (Å²) in [5.74, 6) is 0.796. The number of aromatic nitrogens is 3. The van der Waals surface area contributed by atoms with Crippen LogP contribution >= 0.6 is 11.6 Å². The molecule has 1 aliphatic heterocycles. The van der Waals surface area contributed by atoms with Gasteiger partial charge in [-0.15, -0.1) is 0 Å². The highest BCUT2D eigenvalue weighted by atomic mass is 35.5. The lowest BCUT2D eigenvalue weighted by atomic mass is 10.0. The normalized spacial score (nSPS) is 14.0. The van der Waals surface area contributed by atoms with E-state index in [2.05, 4.69) is 11.2 Å². The maximum atomic E-state index is 11.8. The molecule has 3 rings (SSSR count). The van der Waals surface area contributed by atoms with E-state index in [9.17, 15) is 4.79 Å². The van der Waals surface area contributed by atoms with E-state index in [1.165, 1.54) is 10.2 Å². The van der Waals surface area contributed by atoms with Gasteiger partial charge in [-0.05, 0) is 23.6 Å². The molecule has 0 spiro atoms. The highest BCUT2D eigenvalue weighted by molar-refractivity contribution is 6.31. The average Bonchev–Trinajstić information content (AvgIpc) is 2.50. The Bertz CT molecular complexity index is 642. The molecule has 0 saturated heterocycles. The first-order valence-electron chi connectivity index (χ1n) is 5.56. The fourth-order valence-corrected chi connectivity index (χ4v) is 2.60. The third-order valence-electron chi connectivity index (χ3n) is 3.24. The molecule has 0 aliphatic carbocycles. The van der Waals surface area contributed by atoms with E-state index in [-0.39, 0.29) is 5.69 Å². The largest absolute Gasteiger partial charge is 0.345 e. The van der Waals surface area contributed by atoms with E-state index in [1.54, 1.807) is 11.6 Å². The van der Waals surface area contributed by atoms with Crippen LogP contribution in [0, 0.1) is 0 Å². The summed E-state index contributed by atoms with van der Waals surface area (Å²) in [4.78, 5) is 11.8. The van der Waals surface area contributed by atoms with Crippen LogP contribution in [0.4, 0.5) is 0 Å². The standard InChI is InChI=1S/C12H12ClN3O/c1-15-12(17)16-6-5-8-3-2-4-10(13)9(8)7-11(16)14-15/h2-4H,5-7H2,1H3. The summed E-state index contributed by atoms with van der Waals surface area (Å²) in [7, 11) is 1.68. The van der Waals surface area contributed by atoms with Crippen LogP contribution in [0.15, 0.2) is 23.0 Å². The molecule has 1 aliphatic rings. The van der Waals surface area contributed by atoms with Crippen molar-refractivity contribution in [2.45, 2.75) is 19.4 Å². The third kappa shape index (κ3) is 1.60. The van der Waals surface area contributed by atoms with Crippen molar-refractivity contribution in [3.63, 3.8) is 0 Å². The highest BCUT2D eigenvalue weighted by Crippen LogP contribution is 2.25. The second kappa shape index (κ2) is 3.74. The van der Waals surface area contributed by atoms with Crippen molar-refractivity contribution in [1.29, 1.82) is 0 Å². The van der Waals surface area contributed by atoms with Crippen molar-refractivity contribution < 1.29 is 0 Å². The van der Waals surface area contributed by atoms with Gasteiger partial charge in [-0.2, -0.15) is 5.10 Å². The lowest BCUT2D eigenvalue weighted by Crippen LogP contribution is -2.23. The van der Waals surface area contributed by atoms with Crippen LogP contribution < -0.4 is 5.69 Å². The molecule has 1 aromatic heterocycles. The van der Waals surface area contributed by atoms with Gasteiger partial charge in [0, 0.05) is 25.0 Å². The Morgan fingerprint density at radius 3 is 3.06 bits per heavy atom. The number of nitrogens with zero attached hydrogens (tertiary/aromatic N) is 3. The van der Waals surface area contributed by atoms with Crippen molar-refractivity contribution in [1.82, 2.24) is 14.3 Å². The van der Waals surface area contributed by atoms with Crippen LogP contribution in [0.1, 0.15) is 17.0 Å². The first-order valence-corrected chi connectivity index (χ1v) is 5.93. The Labute approximate surface area is 103 Å². The summed E-state index contributed by atoms with van der Waals surface area (Å²) in [5.41, 5.74) is 2.26. The summed E-state index contributed by atoms with van der Waals surface area (Å²) in [6.07, 6.45) is 1.46. The van der Waals surface area contributed by atoms with Crippen LogP contribution in [-0.2, 0) is 26.4 Å². The number of benzene rings is 1. The SMILES string of the molecule is Cn1nc2n(c1=O)CCc1cccc(Cl)c1C2. The van der Waals surface area contributed by atoms with Crippen molar-refractivity contribution >= 4 is 11.6 Å². The van der Waals surface area contributed by atoms with Gasteiger partial charge in [0.05, 0.1) is 0 Å². The van der Waals surface area contributed by atoms with E-state index >= 15 is 0 Å². The van der Waals surface area contributed by atoms with E-state index in [0.717, 1.165) is 22.8 Å². The molecule has 0 amide bonds. The smallest absolute Gasteiger partial charge is 0.278 e. The predicted molar refractivity (Wildman–Crippen MR) is 65.4 cm³/mol. The molecular weight excluding hydrogens is 238 g/mol. The first kappa shape index (κ1) is 10.6. The van der Waals surface area contributed by atoms with Gasteiger partial charge < -0.3 is 0 Å². The van der Waals surface area contributed by atoms with E-state index in [0.29, 0.717) is 13.0 Å². The molecular formula is C12H12ClN3O. The summed E-state index contributed by atoms with van der Waals surface area (Å²) >= 11 is 6.21. The molecule has 0 N–H and O–H groups in total. The molecule has 0 radical (unpaired) electrons. The molecule has 2 aromatic rings. The number of hydrogen-bond donors (Lipinski definition) is 0. The maximum absolute atomic E-state index is 11.8. The van der Waals surface area contributed by atoms with Gasteiger partial charge in [-0.1, -0.05) is 23.7 Å². The molecule has 88 valence electrons. The summed E-state index contributed by atoms with van der Waals surface area (Å²) < 4.78 is 3.12. The molecule has 5 heteroatoms. The number of fused-ring (bicyclic) bond motifs is 2. The van der Waals surface area contributed by atoms with Gasteiger partial charge in [0.15, 0.2) is 0 Å². The molecule has 1 aromatic carbocycles. The topological polar surface area (TPSA) is 39.8 Å². The Morgan fingerprint density at radius 1 is 1.41 bits per heavy atom.